The van der Waals surface area contributed by atoms with Gasteiger partial charge in [0.2, 0.25) is 0 Å². The van der Waals surface area contributed by atoms with E-state index in [2.05, 4.69) is 20.6 Å². The maximum atomic E-state index is 12.2. The first-order valence-corrected chi connectivity index (χ1v) is 9.24. The summed E-state index contributed by atoms with van der Waals surface area (Å²) in [6.45, 7) is 1.04. The number of nitrogens with one attached hydrogen (secondary N) is 2. The molecule has 2 aromatic carbocycles. The molecule has 2 N–H and O–H groups in total. The zero-order valence-electron chi connectivity index (χ0n) is 15.5. The predicted molar refractivity (Wildman–Crippen MR) is 110 cm³/mol. The molecule has 1 aromatic heterocycles. The summed E-state index contributed by atoms with van der Waals surface area (Å²) in [5.41, 5.74) is 2.30. The first kappa shape index (κ1) is 19.6. The minimum Gasteiger partial charge on any atom is -0.497 e. The molecule has 0 unspecified atom stereocenters. The molecule has 0 fully saturated rings. The van der Waals surface area contributed by atoms with Gasteiger partial charge in [-0.1, -0.05) is 41.9 Å². The van der Waals surface area contributed by atoms with Crippen LogP contribution in [-0.2, 0) is 13.0 Å². The molecule has 1 amide bonds. The summed E-state index contributed by atoms with van der Waals surface area (Å²) in [5, 5.41) is 6.61. The molecule has 0 aliphatic rings. The van der Waals surface area contributed by atoms with E-state index in [1.807, 2.05) is 42.5 Å². The van der Waals surface area contributed by atoms with Crippen LogP contribution >= 0.6 is 11.6 Å². The van der Waals surface area contributed by atoms with Crippen LogP contribution in [0.15, 0.2) is 60.9 Å². The Morgan fingerprint density at radius 3 is 2.54 bits per heavy atom. The molecule has 28 heavy (non-hydrogen) atoms. The van der Waals surface area contributed by atoms with Crippen molar-refractivity contribution in [3.8, 4) is 5.75 Å². The van der Waals surface area contributed by atoms with Gasteiger partial charge >= 0.3 is 0 Å². The topological polar surface area (TPSA) is 76.1 Å². The van der Waals surface area contributed by atoms with Crippen molar-refractivity contribution in [1.29, 1.82) is 0 Å². The zero-order valence-corrected chi connectivity index (χ0v) is 16.2. The average molecular weight is 397 g/mol. The molecule has 3 rings (SSSR count). The standard InChI is InChI=1S/C21H21ClN4O2/c1-28-17-8-6-15(7-9-17)10-11-23-20-14-24-19(13-25-20)21(27)26-12-16-4-2-3-5-18(16)22/h2-9,13-14H,10-12H2,1H3,(H,23,25)(H,26,27). The van der Waals surface area contributed by atoms with Crippen LogP contribution in [0.25, 0.3) is 0 Å². The molecule has 7 heteroatoms. The molecule has 0 saturated carbocycles. The van der Waals surface area contributed by atoms with Gasteiger partial charge in [0.05, 0.1) is 19.5 Å². The summed E-state index contributed by atoms with van der Waals surface area (Å²) in [4.78, 5) is 20.6. The van der Waals surface area contributed by atoms with Crippen LogP contribution in [0.2, 0.25) is 5.02 Å². The lowest BCUT2D eigenvalue weighted by Gasteiger charge is -2.08. The van der Waals surface area contributed by atoms with Crippen LogP contribution in [0.3, 0.4) is 0 Å². The summed E-state index contributed by atoms with van der Waals surface area (Å²) < 4.78 is 5.15. The van der Waals surface area contributed by atoms with E-state index in [9.17, 15) is 4.79 Å². The average Bonchev–Trinajstić information content (AvgIpc) is 2.74. The zero-order chi connectivity index (χ0) is 19.8. The molecule has 0 aliphatic carbocycles. The Balaban J connectivity index is 1.47. The molecule has 0 saturated heterocycles. The van der Waals surface area contributed by atoms with E-state index in [1.165, 1.54) is 11.8 Å². The lowest BCUT2D eigenvalue weighted by molar-refractivity contribution is 0.0945. The van der Waals surface area contributed by atoms with Crippen molar-refractivity contribution in [3.05, 3.63) is 82.8 Å². The fraction of sp³-hybridized carbons (Fsp3) is 0.190. The van der Waals surface area contributed by atoms with Gasteiger partial charge in [-0.3, -0.25) is 4.79 Å². The number of rotatable bonds is 8. The second-order valence-electron chi connectivity index (χ2n) is 6.09. The maximum absolute atomic E-state index is 12.2. The van der Waals surface area contributed by atoms with Crippen LogP contribution in [0.4, 0.5) is 5.82 Å². The number of carbonyl (C=O) groups excluding carboxylic acids is 1. The van der Waals surface area contributed by atoms with Crippen molar-refractivity contribution >= 4 is 23.3 Å². The third-order valence-electron chi connectivity index (χ3n) is 4.16. The summed E-state index contributed by atoms with van der Waals surface area (Å²) in [6.07, 6.45) is 3.85. The van der Waals surface area contributed by atoms with Crippen molar-refractivity contribution in [2.24, 2.45) is 0 Å². The summed E-state index contributed by atoms with van der Waals surface area (Å²) >= 11 is 6.09. The first-order valence-electron chi connectivity index (χ1n) is 8.86. The Bertz CT molecular complexity index is 914. The number of ether oxygens (including phenoxy) is 1. The summed E-state index contributed by atoms with van der Waals surface area (Å²) in [7, 11) is 1.65. The summed E-state index contributed by atoms with van der Waals surface area (Å²) in [5.74, 6) is 1.17. The van der Waals surface area contributed by atoms with Crippen molar-refractivity contribution in [1.82, 2.24) is 15.3 Å². The van der Waals surface area contributed by atoms with Crippen LogP contribution in [0.5, 0.6) is 5.75 Å². The number of aromatic nitrogens is 2. The van der Waals surface area contributed by atoms with Crippen molar-refractivity contribution in [3.63, 3.8) is 0 Å². The molecule has 6 nitrogen and oxygen atoms in total. The Kier molecular flexibility index (Phi) is 6.81. The molecule has 3 aromatic rings. The largest absolute Gasteiger partial charge is 0.497 e. The van der Waals surface area contributed by atoms with Crippen molar-refractivity contribution in [2.45, 2.75) is 13.0 Å². The minimum absolute atomic E-state index is 0.257. The quantitative estimate of drug-likeness (QED) is 0.606. The number of anilines is 1. The van der Waals surface area contributed by atoms with E-state index in [1.54, 1.807) is 19.4 Å². The summed E-state index contributed by atoms with van der Waals surface area (Å²) in [6, 6.07) is 15.3. The van der Waals surface area contributed by atoms with Gasteiger partial charge in [0.1, 0.15) is 17.3 Å². The third-order valence-corrected chi connectivity index (χ3v) is 4.53. The van der Waals surface area contributed by atoms with E-state index >= 15 is 0 Å². The Labute approximate surface area is 168 Å². The number of carbonyl (C=O) groups is 1. The van der Waals surface area contributed by atoms with Gasteiger partial charge in [-0.15, -0.1) is 0 Å². The van der Waals surface area contributed by atoms with Gasteiger partial charge in [0, 0.05) is 18.1 Å². The van der Waals surface area contributed by atoms with Gasteiger partial charge in [-0.25, -0.2) is 9.97 Å². The normalized spacial score (nSPS) is 10.4. The smallest absolute Gasteiger partial charge is 0.271 e. The third kappa shape index (κ3) is 5.44. The van der Waals surface area contributed by atoms with Crippen molar-refractivity contribution < 1.29 is 9.53 Å². The fourth-order valence-electron chi connectivity index (χ4n) is 2.57. The second kappa shape index (κ2) is 9.71. The molecule has 0 aliphatic heterocycles. The highest BCUT2D eigenvalue weighted by atomic mass is 35.5. The molecule has 0 radical (unpaired) electrons. The van der Waals surface area contributed by atoms with Gasteiger partial charge in [-0.05, 0) is 35.7 Å². The lowest BCUT2D eigenvalue weighted by atomic mass is 10.1. The maximum Gasteiger partial charge on any atom is 0.271 e. The van der Waals surface area contributed by atoms with Crippen molar-refractivity contribution in [2.75, 3.05) is 19.0 Å². The predicted octanol–water partition coefficient (Wildman–Crippen LogP) is 3.72. The molecule has 0 spiro atoms. The van der Waals surface area contributed by atoms with Gasteiger partial charge in [0.15, 0.2) is 0 Å². The molecular weight excluding hydrogens is 376 g/mol. The fourth-order valence-corrected chi connectivity index (χ4v) is 2.77. The van der Waals surface area contributed by atoms with Crippen LogP contribution in [-0.4, -0.2) is 29.5 Å². The first-order chi connectivity index (χ1) is 13.7. The van der Waals surface area contributed by atoms with E-state index in [0.717, 1.165) is 17.7 Å². The number of methoxy groups -OCH3 is 1. The number of amides is 1. The molecule has 144 valence electrons. The molecular formula is C21H21ClN4O2. The van der Waals surface area contributed by atoms with E-state index in [4.69, 9.17) is 16.3 Å². The van der Waals surface area contributed by atoms with E-state index in [-0.39, 0.29) is 11.6 Å². The van der Waals surface area contributed by atoms with Crippen LogP contribution in [0, 0.1) is 0 Å². The Morgan fingerprint density at radius 2 is 1.86 bits per heavy atom. The number of nitrogens with zero attached hydrogens (tertiary/aromatic N) is 2. The Morgan fingerprint density at radius 1 is 1.07 bits per heavy atom. The SMILES string of the molecule is COc1ccc(CCNc2cnc(C(=O)NCc3ccccc3Cl)cn2)cc1. The highest BCUT2D eigenvalue weighted by molar-refractivity contribution is 6.31. The number of hydrogen-bond donors (Lipinski definition) is 2. The minimum atomic E-state index is -0.294. The highest BCUT2D eigenvalue weighted by Crippen LogP contribution is 2.14. The number of hydrogen-bond acceptors (Lipinski definition) is 5. The Hall–Kier alpha value is -3.12. The van der Waals surface area contributed by atoms with Crippen LogP contribution in [0.1, 0.15) is 21.6 Å². The highest BCUT2D eigenvalue weighted by Gasteiger charge is 2.09. The van der Waals surface area contributed by atoms with Gasteiger partial charge in [0.25, 0.3) is 5.91 Å². The monoisotopic (exact) mass is 396 g/mol. The van der Waals surface area contributed by atoms with E-state index < -0.39 is 0 Å². The number of benzene rings is 2. The van der Waals surface area contributed by atoms with Gasteiger partial charge < -0.3 is 15.4 Å². The van der Waals surface area contributed by atoms with Gasteiger partial charge in [-0.2, -0.15) is 0 Å². The lowest BCUT2D eigenvalue weighted by Crippen LogP contribution is -2.24. The molecule has 0 bridgehead atoms. The van der Waals surface area contributed by atoms with Crippen LogP contribution < -0.4 is 15.4 Å². The molecule has 1 heterocycles. The molecule has 0 atom stereocenters. The second-order valence-corrected chi connectivity index (χ2v) is 6.49. The van der Waals surface area contributed by atoms with E-state index in [0.29, 0.717) is 23.9 Å². The number of halogens is 1.